The summed E-state index contributed by atoms with van der Waals surface area (Å²) in [4.78, 5) is 56.0. The molecule has 4 N–H and O–H groups in total. The molecule has 4 amide bonds. The van der Waals surface area contributed by atoms with Crippen LogP contribution in [-0.4, -0.2) is 65.6 Å². The highest BCUT2D eigenvalue weighted by molar-refractivity contribution is 6.33. The highest BCUT2D eigenvalue weighted by Crippen LogP contribution is 2.33. The van der Waals surface area contributed by atoms with Gasteiger partial charge in [0.2, 0.25) is 11.8 Å². The van der Waals surface area contributed by atoms with Crippen molar-refractivity contribution in [3.8, 4) is 0 Å². The Morgan fingerprint density at radius 3 is 2.36 bits per heavy atom. The molecule has 2 fully saturated rings. The molecule has 6 rings (SSSR count). The number of nitrogens with two attached hydrogens (primary N) is 1. The maximum Gasteiger partial charge on any atom is 0.264 e. The van der Waals surface area contributed by atoms with E-state index < -0.39 is 29.7 Å². The lowest BCUT2D eigenvalue weighted by Gasteiger charge is -2.36. The zero-order valence-corrected chi connectivity index (χ0v) is 23.7. The van der Waals surface area contributed by atoms with Crippen molar-refractivity contribution >= 4 is 52.3 Å². The molecule has 1 atom stereocenters. The first-order valence-electron chi connectivity index (χ1n) is 14.0. The van der Waals surface area contributed by atoms with Gasteiger partial charge in [0.1, 0.15) is 6.04 Å². The first-order chi connectivity index (χ1) is 20.3. The van der Waals surface area contributed by atoms with Crippen molar-refractivity contribution < 1.29 is 19.2 Å². The molecule has 0 radical (unpaired) electrons. The molecular weight excluding hydrogens is 556 g/mol. The summed E-state index contributed by atoms with van der Waals surface area (Å²) in [6.07, 6.45) is 0.206. The molecule has 3 aliphatic rings. The van der Waals surface area contributed by atoms with Crippen molar-refractivity contribution in [1.29, 1.82) is 0 Å². The third-order valence-corrected chi connectivity index (χ3v) is 8.37. The number of halogens is 1. The number of anilines is 3. The maximum absolute atomic E-state index is 13.3. The number of piperidine rings is 1. The molecule has 0 aromatic heterocycles. The van der Waals surface area contributed by atoms with Gasteiger partial charge in [-0.15, -0.1) is 0 Å². The van der Waals surface area contributed by atoms with E-state index >= 15 is 0 Å². The van der Waals surface area contributed by atoms with E-state index in [1.165, 1.54) is 5.56 Å². The summed E-state index contributed by atoms with van der Waals surface area (Å²) in [6, 6.07) is 18.0. The van der Waals surface area contributed by atoms with Crippen molar-refractivity contribution in [2.24, 2.45) is 0 Å². The smallest absolute Gasteiger partial charge is 0.264 e. The number of amides is 4. The minimum Gasteiger partial charge on any atom is -0.399 e. The molecule has 10 nitrogen and oxygen atoms in total. The van der Waals surface area contributed by atoms with Gasteiger partial charge in [-0.25, -0.2) is 0 Å². The van der Waals surface area contributed by atoms with Gasteiger partial charge in [-0.1, -0.05) is 41.9 Å². The first-order valence-corrected chi connectivity index (χ1v) is 14.3. The number of nitrogens with zero attached hydrogens (tertiary/aromatic N) is 3. The van der Waals surface area contributed by atoms with E-state index in [1.54, 1.807) is 24.3 Å². The molecule has 3 aromatic rings. The molecule has 1 unspecified atom stereocenters. The Kier molecular flexibility index (Phi) is 7.57. The molecule has 3 aliphatic heterocycles. The fourth-order valence-corrected chi connectivity index (χ4v) is 6.12. The van der Waals surface area contributed by atoms with Crippen LogP contribution in [-0.2, 0) is 22.7 Å². The number of imide groups is 2. The van der Waals surface area contributed by atoms with Gasteiger partial charge in [0.15, 0.2) is 0 Å². The number of hydrogen-bond donors (Lipinski definition) is 3. The summed E-state index contributed by atoms with van der Waals surface area (Å²) >= 11 is 6.40. The van der Waals surface area contributed by atoms with E-state index in [4.69, 9.17) is 17.3 Å². The maximum atomic E-state index is 13.3. The van der Waals surface area contributed by atoms with Gasteiger partial charge >= 0.3 is 0 Å². The van der Waals surface area contributed by atoms with Crippen LogP contribution in [0.4, 0.5) is 17.1 Å². The van der Waals surface area contributed by atoms with Gasteiger partial charge < -0.3 is 16.0 Å². The van der Waals surface area contributed by atoms with Crippen LogP contribution in [0.3, 0.4) is 0 Å². The number of hydrogen-bond acceptors (Lipinski definition) is 8. The highest BCUT2D eigenvalue weighted by Gasteiger charge is 2.45. The summed E-state index contributed by atoms with van der Waals surface area (Å²) in [5, 5.41) is 6.20. The van der Waals surface area contributed by atoms with Crippen LogP contribution >= 0.6 is 11.6 Å². The Balaban J connectivity index is 1.05. The second kappa shape index (κ2) is 11.5. The van der Waals surface area contributed by atoms with Crippen LogP contribution in [0.1, 0.15) is 44.7 Å². The molecular formula is C31H31ClN6O4. The van der Waals surface area contributed by atoms with E-state index in [1.807, 2.05) is 12.1 Å². The van der Waals surface area contributed by atoms with E-state index in [9.17, 15) is 19.2 Å². The minimum atomic E-state index is -0.992. The fraction of sp³-hybridized carbons (Fsp3) is 0.290. The van der Waals surface area contributed by atoms with E-state index in [-0.39, 0.29) is 24.0 Å². The monoisotopic (exact) mass is 586 g/mol. The van der Waals surface area contributed by atoms with Gasteiger partial charge in [-0.3, -0.25) is 34.3 Å². The molecule has 3 heterocycles. The Hall–Kier alpha value is -4.41. The van der Waals surface area contributed by atoms with Crippen molar-refractivity contribution in [1.82, 2.24) is 15.1 Å². The van der Waals surface area contributed by atoms with Crippen LogP contribution in [0.25, 0.3) is 0 Å². The van der Waals surface area contributed by atoms with Crippen LogP contribution in [0.2, 0.25) is 5.02 Å². The molecule has 0 saturated carbocycles. The summed E-state index contributed by atoms with van der Waals surface area (Å²) in [5.74, 6) is -2.07. The Bertz CT molecular complexity index is 1570. The van der Waals surface area contributed by atoms with Crippen molar-refractivity contribution in [3.63, 3.8) is 0 Å². The first kappa shape index (κ1) is 27.7. The predicted octanol–water partition coefficient (Wildman–Crippen LogP) is 3.26. The zero-order chi connectivity index (χ0) is 29.4. The van der Waals surface area contributed by atoms with E-state index in [2.05, 4.69) is 44.7 Å². The largest absolute Gasteiger partial charge is 0.399 e. The number of fused-ring (bicyclic) bond motifs is 1. The Morgan fingerprint density at radius 2 is 1.64 bits per heavy atom. The van der Waals surface area contributed by atoms with E-state index in [0.717, 1.165) is 48.9 Å². The normalized spacial score (nSPS) is 19.2. The number of benzene rings is 3. The van der Waals surface area contributed by atoms with Crippen molar-refractivity contribution in [2.45, 2.75) is 32.0 Å². The lowest BCUT2D eigenvalue weighted by atomic mass is 10.0. The highest BCUT2D eigenvalue weighted by atomic mass is 35.5. The zero-order valence-electron chi connectivity index (χ0n) is 22.9. The van der Waals surface area contributed by atoms with Crippen LogP contribution < -0.4 is 21.3 Å². The summed E-state index contributed by atoms with van der Waals surface area (Å²) in [7, 11) is 0. The number of carbonyl (C=O) groups is 4. The minimum absolute atomic E-state index is 0.0829. The molecule has 11 heteroatoms. The quantitative estimate of drug-likeness (QED) is 0.284. The van der Waals surface area contributed by atoms with Crippen LogP contribution in [0.5, 0.6) is 0 Å². The van der Waals surface area contributed by atoms with Crippen molar-refractivity contribution in [2.75, 3.05) is 42.1 Å². The lowest BCUT2D eigenvalue weighted by molar-refractivity contribution is -0.136. The number of nitrogen functional groups attached to an aromatic ring is 1. The second-order valence-corrected chi connectivity index (χ2v) is 11.2. The van der Waals surface area contributed by atoms with Crippen molar-refractivity contribution in [3.05, 3.63) is 87.9 Å². The molecule has 2 saturated heterocycles. The molecule has 3 aromatic carbocycles. The molecule has 42 heavy (non-hydrogen) atoms. The second-order valence-electron chi connectivity index (χ2n) is 10.8. The third kappa shape index (κ3) is 5.43. The van der Waals surface area contributed by atoms with E-state index in [0.29, 0.717) is 22.9 Å². The third-order valence-electron chi connectivity index (χ3n) is 8.06. The number of nitrogens with one attached hydrogen (secondary N) is 2. The Morgan fingerprint density at radius 1 is 0.905 bits per heavy atom. The number of piperazine rings is 1. The lowest BCUT2D eigenvalue weighted by Crippen LogP contribution is -2.54. The molecule has 0 aliphatic carbocycles. The Labute approximate surface area is 248 Å². The van der Waals surface area contributed by atoms with Gasteiger partial charge in [0, 0.05) is 57.1 Å². The predicted molar refractivity (Wildman–Crippen MR) is 160 cm³/mol. The molecule has 216 valence electrons. The van der Waals surface area contributed by atoms with Gasteiger partial charge in [-0.2, -0.15) is 0 Å². The summed E-state index contributed by atoms with van der Waals surface area (Å²) in [6.45, 7) is 4.91. The average Bonchev–Trinajstić information content (AvgIpc) is 3.23. The number of rotatable bonds is 7. The fourth-order valence-electron chi connectivity index (χ4n) is 5.81. The average molecular weight is 587 g/mol. The standard InChI is InChI=1S/C31H31ClN6O4/c32-23-16-21(33)8-9-25(23)37-14-12-36(13-15-37)18-20-6-4-19(5-7-20)17-34-24-3-1-2-22-28(24)31(42)38(30(22)41)26-10-11-27(39)35-29(26)40/h1-9,16,26,34H,10-15,17-18,33H2,(H,35,39,40). The van der Waals surface area contributed by atoms with Gasteiger partial charge in [-0.05, 0) is 47.9 Å². The summed E-state index contributed by atoms with van der Waals surface area (Å²) < 4.78 is 0. The van der Waals surface area contributed by atoms with Gasteiger partial charge in [0.05, 0.1) is 21.8 Å². The topological polar surface area (TPSA) is 128 Å². The summed E-state index contributed by atoms with van der Waals surface area (Å²) in [5.41, 5.74) is 10.8. The molecule has 0 spiro atoms. The SMILES string of the molecule is Nc1ccc(N2CCN(Cc3ccc(CNc4cccc5c4C(=O)N(C4CCC(=O)NC4=O)C5=O)cc3)CC2)c(Cl)c1. The molecule has 0 bridgehead atoms. The van der Waals surface area contributed by atoms with Crippen LogP contribution in [0.15, 0.2) is 60.7 Å². The van der Waals surface area contributed by atoms with Gasteiger partial charge in [0.25, 0.3) is 11.8 Å². The van der Waals surface area contributed by atoms with Crippen LogP contribution in [0, 0.1) is 0 Å². The number of carbonyl (C=O) groups excluding carboxylic acids is 4.